The molecule has 0 spiro atoms. The number of nitrogens with one attached hydrogen (secondary N) is 2. The maximum Gasteiger partial charge on any atom is 0.319 e. The summed E-state index contributed by atoms with van der Waals surface area (Å²) in [5.74, 6) is 0. The zero-order valence-corrected chi connectivity index (χ0v) is 14.9. The lowest BCUT2D eigenvalue weighted by Gasteiger charge is -2.19. The van der Waals surface area contributed by atoms with Crippen LogP contribution < -0.4 is 10.6 Å². The van der Waals surface area contributed by atoms with Crippen LogP contribution in [0.5, 0.6) is 0 Å². The van der Waals surface area contributed by atoms with Crippen LogP contribution in [0.1, 0.15) is 37.9 Å². The highest BCUT2D eigenvalue weighted by molar-refractivity contribution is 5.89. The Balaban J connectivity index is 1.64. The molecule has 0 unspecified atom stereocenters. The van der Waals surface area contributed by atoms with Gasteiger partial charge in [-0.1, -0.05) is 30.3 Å². The molecule has 3 aromatic rings. The van der Waals surface area contributed by atoms with Crippen molar-refractivity contribution in [3.05, 3.63) is 60.9 Å². The Hall–Kier alpha value is -3.16. The van der Waals surface area contributed by atoms with E-state index in [4.69, 9.17) is 0 Å². The molecule has 3 rings (SSSR count). The minimum atomic E-state index is -0.263. The fraction of sp³-hybridized carbons (Fsp3) is 0.333. The third kappa shape index (κ3) is 4.69. The van der Waals surface area contributed by atoms with Crippen molar-refractivity contribution < 1.29 is 4.79 Å². The number of rotatable bonds is 7. The first-order valence-corrected chi connectivity index (χ1v) is 8.61. The van der Waals surface area contributed by atoms with Crippen molar-refractivity contribution in [3.63, 3.8) is 0 Å². The van der Waals surface area contributed by atoms with E-state index in [2.05, 4.69) is 25.8 Å². The lowest BCUT2D eigenvalue weighted by Crippen LogP contribution is -2.33. The smallest absolute Gasteiger partial charge is 0.319 e. The van der Waals surface area contributed by atoms with E-state index >= 15 is 0 Å². The molecule has 1 atom stereocenters. The molecule has 2 aromatic heterocycles. The fourth-order valence-corrected chi connectivity index (χ4v) is 2.63. The Kier molecular flexibility index (Phi) is 5.62. The van der Waals surface area contributed by atoms with Crippen LogP contribution in [0.3, 0.4) is 0 Å². The van der Waals surface area contributed by atoms with E-state index in [1.165, 1.54) is 6.33 Å². The number of aromatic nitrogens is 5. The number of aryl methyl sites for hydroxylation is 1. The van der Waals surface area contributed by atoms with Gasteiger partial charge in [0.05, 0.1) is 17.9 Å². The average Bonchev–Trinajstić information content (AvgIpc) is 3.31. The number of carbonyl (C=O) groups excluding carboxylic acids is 1. The highest BCUT2D eigenvalue weighted by Crippen LogP contribution is 2.18. The van der Waals surface area contributed by atoms with Crippen molar-refractivity contribution in [2.24, 2.45) is 0 Å². The van der Waals surface area contributed by atoms with Gasteiger partial charge in [-0.15, -0.1) is 0 Å². The molecule has 136 valence electrons. The molecule has 0 saturated carbocycles. The molecule has 0 aliphatic carbocycles. The van der Waals surface area contributed by atoms with Crippen LogP contribution in [0.25, 0.3) is 0 Å². The van der Waals surface area contributed by atoms with E-state index in [0.29, 0.717) is 18.7 Å². The molecule has 8 nitrogen and oxygen atoms in total. The van der Waals surface area contributed by atoms with Gasteiger partial charge in [0.25, 0.3) is 0 Å². The van der Waals surface area contributed by atoms with Crippen molar-refractivity contribution in [1.82, 2.24) is 29.9 Å². The van der Waals surface area contributed by atoms with Gasteiger partial charge < -0.3 is 10.6 Å². The molecule has 0 fully saturated rings. The highest BCUT2D eigenvalue weighted by Gasteiger charge is 2.15. The van der Waals surface area contributed by atoms with E-state index in [-0.39, 0.29) is 18.1 Å². The number of carbonyl (C=O) groups is 1. The molecule has 1 aromatic carbocycles. The first kappa shape index (κ1) is 17.7. The normalized spacial score (nSPS) is 12.1. The molecule has 2 heterocycles. The number of nitrogens with zero attached hydrogens (tertiary/aromatic N) is 5. The number of benzene rings is 1. The Morgan fingerprint density at radius 1 is 1.19 bits per heavy atom. The SMILES string of the molecule is CC(C)n1cc(NC(=O)N[C@H](CCn2cncn2)c2ccccc2)cn1. The van der Waals surface area contributed by atoms with Gasteiger partial charge in [-0.05, 0) is 25.8 Å². The molecule has 0 bridgehead atoms. The largest absolute Gasteiger partial charge is 0.331 e. The molecule has 2 amide bonds. The lowest BCUT2D eigenvalue weighted by molar-refractivity contribution is 0.247. The molecule has 26 heavy (non-hydrogen) atoms. The summed E-state index contributed by atoms with van der Waals surface area (Å²) in [4.78, 5) is 16.4. The average molecular weight is 353 g/mol. The molecule has 8 heteroatoms. The third-order valence-electron chi connectivity index (χ3n) is 4.01. The number of urea groups is 1. The maximum absolute atomic E-state index is 12.4. The van der Waals surface area contributed by atoms with Crippen LogP contribution >= 0.6 is 0 Å². The van der Waals surface area contributed by atoms with Crippen LogP contribution in [-0.2, 0) is 6.54 Å². The molecule has 0 radical (unpaired) electrons. The number of anilines is 1. The van der Waals surface area contributed by atoms with Crippen LogP contribution in [0.2, 0.25) is 0 Å². The predicted octanol–water partition coefficient (Wildman–Crippen LogP) is 3.01. The highest BCUT2D eigenvalue weighted by atomic mass is 16.2. The maximum atomic E-state index is 12.4. The second-order valence-electron chi connectivity index (χ2n) is 6.31. The topological polar surface area (TPSA) is 89.7 Å². The van der Waals surface area contributed by atoms with Crippen LogP contribution in [0.4, 0.5) is 10.5 Å². The molecule has 2 N–H and O–H groups in total. The molecular formula is C18H23N7O. The second-order valence-corrected chi connectivity index (χ2v) is 6.31. The quantitative estimate of drug-likeness (QED) is 0.683. The van der Waals surface area contributed by atoms with Gasteiger partial charge in [0, 0.05) is 18.8 Å². The van der Waals surface area contributed by atoms with E-state index in [1.807, 2.05) is 50.4 Å². The summed E-state index contributed by atoms with van der Waals surface area (Å²) in [6.07, 6.45) is 7.34. The molecular weight excluding hydrogens is 330 g/mol. The van der Waals surface area contributed by atoms with Gasteiger partial charge in [0.15, 0.2) is 0 Å². The van der Waals surface area contributed by atoms with Crippen LogP contribution in [0.15, 0.2) is 55.4 Å². The van der Waals surface area contributed by atoms with E-state index < -0.39 is 0 Å². The molecule has 0 aliphatic rings. The fourth-order valence-electron chi connectivity index (χ4n) is 2.63. The van der Waals surface area contributed by atoms with Gasteiger partial charge in [-0.25, -0.2) is 9.78 Å². The van der Waals surface area contributed by atoms with Crippen LogP contribution in [0, 0.1) is 0 Å². The van der Waals surface area contributed by atoms with Crippen molar-refractivity contribution in [2.75, 3.05) is 5.32 Å². The van der Waals surface area contributed by atoms with E-state index in [0.717, 1.165) is 5.56 Å². The van der Waals surface area contributed by atoms with Crippen molar-refractivity contribution in [3.8, 4) is 0 Å². The van der Waals surface area contributed by atoms with Gasteiger partial charge in [0.2, 0.25) is 0 Å². The Morgan fingerprint density at radius 3 is 2.65 bits per heavy atom. The van der Waals surface area contributed by atoms with Crippen LogP contribution in [-0.4, -0.2) is 30.6 Å². The summed E-state index contributed by atoms with van der Waals surface area (Å²) in [6, 6.07) is 9.73. The first-order chi connectivity index (χ1) is 12.6. The number of hydrogen-bond donors (Lipinski definition) is 2. The standard InChI is InChI=1S/C18H23N7O/c1-14(2)25-11-16(10-20-25)22-18(26)23-17(15-6-4-3-5-7-15)8-9-24-13-19-12-21-24/h3-7,10-14,17H,8-9H2,1-2H3,(H2,22,23,26)/t17-/m1/s1. The number of amides is 2. The van der Waals surface area contributed by atoms with Gasteiger partial charge in [-0.3, -0.25) is 9.36 Å². The minimum Gasteiger partial charge on any atom is -0.331 e. The van der Waals surface area contributed by atoms with Gasteiger partial charge in [-0.2, -0.15) is 10.2 Å². The monoisotopic (exact) mass is 353 g/mol. The van der Waals surface area contributed by atoms with Crippen molar-refractivity contribution in [2.45, 2.75) is 38.9 Å². The van der Waals surface area contributed by atoms with Gasteiger partial charge in [0.1, 0.15) is 12.7 Å². The zero-order chi connectivity index (χ0) is 18.4. The summed E-state index contributed by atoms with van der Waals surface area (Å²) in [6.45, 7) is 4.73. The summed E-state index contributed by atoms with van der Waals surface area (Å²) in [7, 11) is 0. The zero-order valence-electron chi connectivity index (χ0n) is 14.9. The summed E-state index contributed by atoms with van der Waals surface area (Å²) in [5, 5.41) is 14.2. The second kappa shape index (κ2) is 8.28. The Labute approximate surface area is 152 Å². The summed E-state index contributed by atoms with van der Waals surface area (Å²) in [5.41, 5.74) is 1.71. The van der Waals surface area contributed by atoms with E-state index in [1.54, 1.807) is 21.9 Å². The number of hydrogen-bond acceptors (Lipinski definition) is 4. The van der Waals surface area contributed by atoms with Crippen molar-refractivity contribution >= 4 is 11.7 Å². The molecule has 0 aliphatic heterocycles. The van der Waals surface area contributed by atoms with Gasteiger partial charge >= 0.3 is 6.03 Å². The van der Waals surface area contributed by atoms with E-state index in [9.17, 15) is 4.79 Å². The van der Waals surface area contributed by atoms with Crippen molar-refractivity contribution in [1.29, 1.82) is 0 Å². The predicted molar refractivity (Wildman–Crippen MR) is 98.6 cm³/mol. The molecule has 0 saturated heterocycles. The summed E-state index contributed by atoms with van der Waals surface area (Å²) < 4.78 is 3.55. The minimum absolute atomic E-state index is 0.138. The lowest BCUT2D eigenvalue weighted by atomic mass is 10.0. The Bertz CT molecular complexity index is 811. The Morgan fingerprint density at radius 2 is 2.00 bits per heavy atom. The first-order valence-electron chi connectivity index (χ1n) is 8.61. The third-order valence-corrected chi connectivity index (χ3v) is 4.01. The summed E-state index contributed by atoms with van der Waals surface area (Å²) >= 11 is 0.